The number of fused-ring (bicyclic) bond motifs is 2. The molecular weight excluding hydrogens is 456 g/mol. The van der Waals surface area contributed by atoms with Crippen LogP contribution in [0.1, 0.15) is 23.8 Å². The Morgan fingerprint density at radius 1 is 1.09 bits per heavy atom. The Labute approximate surface area is 198 Å². The zero-order valence-corrected chi connectivity index (χ0v) is 19.3. The van der Waals surface area contributed by atoms with E-state index in [2.05, 4.69) is 15.1 Å². The van der Waals surface area contributed by atoms with Crippen molar-refractivity contribution >= 4 is 44.1 Å². The smallest absolute Gasteiger partial charge is 0.284 e. The molecule has 2 aromatic carbocycles. The molecule has 4 heterocycles. The Bertz CT molecular complexity index is 1500. The van der Waals surface area contributed by atoms with Crippen molar-refractivity contribution in [2.24, 2.45) is 0 Å². The van der Waals surface area contributed by atoms with E-state index >= 15 is 0 Å². The third kappa shape index (κ3) is 3.94. The van der Waals surface area contributed by atoms with E-state index in [1.165, 1.54) is 14.4 Å². The molecule has 1 saturated heterocycles. The number of benzene rings is 2. The van der Waals surface area contributed by atoms with E-state index in [9.17, 15) is 4.79 Å². The molecule has 7 nitrogen and oxygen atoms in total. The van der Waals surface area contributed by atoms with Crippen molar-refractivity contribution in [3.63, 3.8) is 0 Å². The summed E-state index contributed by atoms with van der Waals surface area (Å²) in [6, 6.07) is 15.7. The molecule has 0 atom stereocenters. The van der Waals surface area contributed by atoms with Gasteiger partial charge in [0.2, 0.25) is 0 Å². The average Bonchev–Trinajstić information content (AvgIpc) is 3.47. The number of likely N-dealkylation sites (tertiary alicyclic amines) is 1. The van der Waals surface area contributed by atoms with Gasteiger partial charge in [-0.1, -0.05) is 29.8 Å². The van der Waals surface area contributed by atoms with Crippen LogP contribution in [0.2, 0.25) is 5.02 Å². The molecule has 6 rings (SSSR count). The van der Waals surface area contributed by atoms with Gasteiger partial charge in [-0.2, -0.15) is 10.2 Å². The molecule has 0 aliphatic carbocycles. The number of thiazole rings is 1. The van der Waals surface area contributed by atoms with Gasteiger partial charge in [0.15, 0.2) is 5.52 Å². The van der Waals surface area contributed by atoms with Crippen LogP contribution in [0.5, 0.6) is 0 Å². The van der Waals surface area contributed by atoms with Gasteiger partial charge in [-0.25, -0.2) is 14.3 Å². The highest BCUT2D eigenvalue weighted by Gasteiger charge is 2.24. The highest BCUT2D eigenvalue weighted by molar-refractivity contribution is 7.18. The molecule has 0 unspecified atom stereocenters. The van der Waals surface area contributed by atoms with Crippen LogP contribution in [0.15, 0.2) is 65.7 Å². The molecule has 0 amide bonds. The summed E-state index contributed by atoms with van der Waals surface area (Å²) in [5, 5.41) is 11.6. The summed E-state index contributed by atoms with van der Waals surface area (Å²) in [7, 11) is 0. The van der Waals surface area contributed by atoms with Crippen molar-refractivity contribution in [3.05, 3.63) is 81.3 Å². The zero-order chi connectivity index (χ0) is 22.4. The Kier molecular flexibility index (Phi) is 5.21. The molecular formula is C24H21ClN6OS. The fourth-order valence-corrected chi connectivity index (χ4v) is 5.66. The van der Waals surface area contributed by atoms with Gasteiger partial charge >= 0.3 is 0 Å². The third-order valence-corrected chi connectivity index (χ3v) is 7.61. The van der Waals surface area contributed by atoms with Crippen molar-refractivity contribution in [1.82, 2.24) is 29.4 Å². The second-order valence-corrected chi connectivity index (χ2v) is 9.86. The van der Waals surface area contributed by atoms with E-state index in [4.69, 9.17) is 16.6 Å². The summed E-state index contributed by atoms with van der Waals surface area (Å²) in [6.45, 7) is 2.26. The molecule has 0 saturated carbocycles. The molecule has 1 fully saturated rings. The van der Waals surface area contributed by atoms with Gasteiger partial charge in [-0.15, -0.1) is 11.3 Å². The summed E-state index contributed by atoms with van der Waals surface area (Å²) in [5.41, 5.74) is 2.17. The molecule has 0 bridgehead atoms. The second kappa shape index (κ2) is 8.37. The van der Waals surface area contributed by atoms with Gasteiger partial charge in [0, 0.05) is 35.6 Å². The van der Waals surface area contributed by atoms with E-state index in [0.717, 1.165) is 47.5 Å². The lowest BCUT2D eigenvalue weighted by molar-refractivity contribution is 0.158. The number of rotatable bonds is 4. The highest BCUT2D eigenvalue weighted by atomic mass is 35.5. The number of nitrogens with zero attached hydrogens (tertiary/aromatic N) is 6. The van der Waals surface area contributed by atoms with E-state index in [1.54, 1.807) is 22.2 Å². The molecule has 33 heavy (non-hydrogen) atoms. The average molecular weight is 477 g/mol. The van der Waals surface area contributed by atoms with E-state index in [1.807, 2.05) is 54.7 Å². The fourth-order valence-electron chi connectivity index (χ4n) is 4.37. The third-order valence-electron chi connectivity index (χ3n) is 6.17. The molecule has 5 aromatic rings. The standard InChI is InChI=1S/C24H21ClN6OS/c25-18-6-7-21-20(12-18)27-23(33-21)16-8-10-29(11-9-16)15-31-24(32)22-17(13-26-31)14-30(28-22)19-4-2-1-3-5-19/h1-7,12-14,16H,8-11,15H2. The van der Waals surface area contributed by atoms with Crippen LogP contribution in [-0.4, -0.2) is 42.5 Å². The van der Waals surface area contributed by atoms with Gasteiger partial charge in [0.25, 0.3) is 5.56 Å². The molecule has 1 aliphatic heterocycles. The summed E-state index contributed by atoms with van der Waals surface area (Å²) in [6.07, 6.45) is 5.59. The van der Waals surface area contributed by atoms with Crippen LogP contribution in [0, 0.1) is 0 Å². The van der Waals surface area contributed by atoms with Gasteiger partial charge in [-0.3, -0.25) is 9.69 Å². The van der Waals surface area contributed by atoms with E-state index < -0.39 is 0 Å². The minimum Gasteiger partial charge on any atom is -0.284 e. The first-order chi connectivity index (χ1) is 16.1. The van der Waals surface area contributed by atoms with Gasteiger partial charge in [-0.05, 0) is 43.2 Å². The molecule has 1 aliphatic rings. The lowest BCUT2D eigenvalue weighted by Gasteiger charge is -2.30. The minimum absolute atomic E-state index is 0.160. The number of piperidine rings is 1. The van der Waals surface area contributed by atoms with Gasteiger partial charge in [0.1, 0.15) is 0 Å². The number of hydrogen-bond donors (Lipinski definition) is 0. The maximum atomic E-state index is 13.0. The second-order valence-electron chi connectivity index (χ2n) is 8.36. The maximum Gasteiger partial charge on any atom is 0.296 e. The van der Waals surface area contributed by atoms with Crippen LogP contribution in [0.4, 0.5) is 0 Å². The Hall–Kier alpha value is -3.07. The summed E-state index contributed by atoms with van der Waals surface area (Å²) < 4.78 is 4.43. The minimum atomic E-state index is -0.160. The number of halogens is 1. The zero-order valence-electron chi connectivity index (χ0n) is 17.8. The van der Waals surface area contributed by atoms with Crippen LogP contribution < -0.4 is 5.56 Å². The monoisotopic (exact) mass is 476 g/mol. The Morgan fingerprint density at radius 2 is 1.91 bits per heavy atom. The Balaban J connectivity index is 1.17. The van der Waals surface area contributed by atoms with Crippen LogP contribution >= 0.6 is 22.9 Å². The number of para-hydroxylation sites is 1. The molecule has 0 spiro atoms. The first-order valence-corrected chi connectivity index (χ1v) is 12.1. The quantitative estimate of drug-likeness (QED) is 0.376. The largest absolute Gasteiger partial charge is 0.296 e. The van der Waals surface area contributed by atoms with Crippen molar-refractivity contribution in [2.75, 3.05) is 13.1 Å². The SMILES string of the molecule is O=c1c2nn(-c3ccccc3)cc2cnn1CN1CCC(c2nc3cc(Cl)ccc3s2)CC1. The van der Waals surface area contributed by atoms with Gasteiger partial charge < -0.3 is 0 Å². The van der Waals surface area contributed by atoms with Crippen molar-refractivity contribution < 1.29 is 0 Å². The molecule has 0 N–H and O–H groups in total. The topological polar surface area (TPSA) is 68.8 Å². The summed E-state index contributed by atoms with van der Waals surface area (Å²) in [4.78, 5) is 20.1. The first kappa shape index (κ1) is 20.5. The van der Waals surface area contributed by atoms with E-state index in [-0.39, 0.29) is 5.56 Å². The van der Waals surface area contributed by atoms with Gasteiger partial charge in [0.05, 0.1) is 33.8 Å². The lowest BCUT2D eigenvalue weighted by atomic mass is 9.98. The first-order valence-electron chi connectivity index (χ1n) is 10.9. The fraction of sp³-hybridized carbons (Fsp3) is 0.250. The van der Waals surface area contributed by atoms with Crippen molar-refractivity contribution in [2.45, 2.75) is 25.4 Å². The van der Waals surface area contributed by atoms with Crippen molar-refractivity contribution in [3.8, 4) is 5.69 Å². The normalized spacial score (nSPS) is 15.5. The predicted octanol–water partition coefficient (Wildman–Crippen LogP) is 4.68. The Morgan fingerprint density at radius 3 is 2.73 bits per heavy atom. The highest BCUT2D eigenvalue weighted by Crippen LogP contribution is 2.34. The van der Waals surface area contributed by atoms with Crippen molar-refractivity contribution in [1.29, 1.82) is 0 Å². The lowest BCUT2D eigenvalue weighted by Crippen LogP contribution is -2.38. The number of hydrogen-bond acceptors (Lipinski definition) is 6. The summed E-state index contributed by atoms with van der Waals surface area (Å²) >= 11 is 7.87. The maximum absolute atomic E-state index is 13.0. The number of aromatic nitrogens is 5. The molecule has 166 valence electrons. The van der Waals surface area contributed by atoms with E-state index in [0.29, 0.717) is 18.1 Å². The molecule has 9 heteroatoms. The molecule has 3 aromatic heterocycles. The van der Waals surface area contributed by atoms with Crippen LogP contribution in [0.25, 0.3) is 26.8 Å². The van der Waals surface area contributed by atoms with Crippen LogP contribution in [-0.2, 0) is 6.67 Å². The van der Waals surface area contributed by atoms with Crippen LogP contribution in [0.3, 0.4) is 0 Å². The molecule has 0 radical (unpaired) electrons. The predicted molar refractivity (Wildman–Crippen MR) is 131 cm³/mol. The summed E-state index contributed by atoms with van der Waals surface area (Å²) in [5.74, 6) is 0.436.